The Bertz CT molecular complexity index is 1040. The number of rotatable bonds is 5. The fourth-order valence-corrected chi connectivity index (χ4v) is 3.37. The Hall–Kier alpha value is -3.39. The Kier molecular flexibility index (Phi) is 4.24. The zero-order chi connectivity index (χ0) is 17.9. The molecule has 0 atom stereocenters. The number of para-hydroxylation sites is 1. The first-order valence-electron chi connectivity index (χ1n) is 7.90. The summed E-state index contributed by atoms with van der Waals surface area (Å²) in [5, 5.41) is 28.6. The molecule has 0 saturated heterocycles. The number of benzene rings is 1. The topological polar surface area (TPSA) is 107 Å². The first-order chi connectivity index (χ1) is 12.7. The van der Waals surface area contributed by atoms with Crippen molar-refractivity contribution in [2.24, 2.45) is 0 Å². The molecule has 0 radical (unpaired) electrons. The first-order valence-corrected chi connectivity index (χ1v) is 8.78. The summed E-state index contributed by atoms with van der Waals surface area (Å²) in [4.78, 5) is 13.5. The van der Waals surface area contributed by atoms with Gasteiger partial charge in [-0.15, -0.1) is 11.3 Å². The van der Waals surface area contributed by atoms with Gasteiger partial charge >= 0.3 is 0 Å². The van der Waals surface area contributed by atoms with Crippen LogP contribution in [0.5, 0.6) is 5.75 Å². The average molecular weight is 365 g/mol. The largest absolute Gasteiger partial charge is 0.507 e. The number of aromatic hydroxyl groups is 1. The van der Waals surface area contributed by atoms with Crippen LogP contribution in [0.3, 0.4) is 0 Å². The van der Waals surface area contributed by atoms with Crippen LogP contribution in [0.4, 0.5) is 0 Å². The predicted octanol–water partition coefficient (Wildman–Crippen LogP) is 3.16. The van der Waals surface area contributed by atoms with Gasteiger partial charge in [0.15, 0.2) is 0 Å². The number of aromatic amines is 2. The molecule has 0 aliphatic carbocycles. The van der Waals surface area contributed by atoms with Crippen LogP contribution >= 0.6 is 11.3 Å². The second-order valence-electron chi connectivity index (χ2n) is 5.61. The Labute approximate surface area is 152 Å². The smallest absolute Gasteiger partial charge is 0.269 e. The Morgan fingerprint density at radius 2 is 2.08 bits per heavy atom. The number of phenols is 1. The lowest BCUT2D eigenvalue weighted by Crippen LogP contribution is -2.23. The average Bonchev–Trinajstić information content (AvgIpc) is 3.40. The molecule has 0 fully saturated rings. The van der Waals surface area contributed by atoms with E-state index in [1.165, 1.54) is 0 Å². The van der Waals surface area contributed by atoms with Crippen LogP contribution in [-0.4, -0.2) is 31.4 Å². The van der Waals surface area contributed by atoms with Gasteiger partial charge in [-0.25, -0.2) is 0 Å². The molecule has 0 spiro atoms. The molecule has 4 N–H and O–H groups in total. The van der Waals surface area contributed by atoms with Gasteiger partial charge in [-0.05, 0) is 29.6 Å². The number of hydrogen-bond acceptors (Lipinski definition) is 5. The number of amides is 1. The van der Waals surface area contributed by atoms with E-state index < -0.39 is 0 Å². The fourth-order valence-electron chi connectivity index (χ4n) is 2.62. The highest BCUT2D eigenvalue weighted by Gasteiger charge is 2.14. The molecule has 3 aromatic heterocycles. The summed E-state index contributed by atoms with van der Waals surface area (Å²) in [6.45, 7) is 0.341. The number of nitrogens with one attached hydrogen (secondary N) is 3. The summed E-state index contributed by atoms with van der Waals surface area (Å²) in [6, 6.07) is 12.4. The minimum atomic E-state index is -0.280. The van der Waals surface area contributed by atoms with E-state index >= 15 is 0 Å². The van der Waals surface area contributed by atoms with E-state index in [-0.39, 0.29) is 11.7 Å². The minimum absolute atomic E-state index is 0.116. The maximum absolute atomic E-state index is 12.4. The third-order valence-electron chi connectivity index (χ3n) is 3.93. The van der Waals surface area contributed by atoms with Gasteiger partial charge in [0.25, 0.3) is 5.91 Å². The Morgan fingerprint density at radius 1 is 1.19 bits per heavy atom. The van der Waals surface area contributed by atoms with Crippen LogP contribution in [0.15, 0.2) is 54.0 Å². The van der Waals surface area contributed by atoms with E-state index in [9.17, 15) is 9.90 Å². The van der Waals surface area contributed by atoms with Crippen molar-refractivity contribution in [3.63, 3.8) is 0 Å². The summed E-state index contributed by atoms with van der Waals surface area (Å²) in [5.41, 5.74) is 3.21. The number of nitrogens with zero attached hydrogens (tertiary/aromatic N) is 2. The summed E-state index contributed by atoms with van der Waals surface area (Å²) >= 11 is 1.60. The molecule has 130 valence electrons. The molecule has 1 amide bonds. The predicted molar refractivity (Wildman–Crippen MR) is 98.8 cm³/mol. The molecule has 3 heterocycles. The van der Waals surface area contributed by atoms with Crippen molar-refractivity contribution in [3.8, 4) is 27.6 Å². The molecule has 4 rings (SSSR count). The van der Waals surface area contributed by atoms with E-state index in [1.807, 2.05) is 17.5 Å². The third-order valence-corrected chi connectivity index (χ3v) is 4.81. The van der Waals surface area contributed by atoms with Crippen molar-refractivity contribution in [1.29, 1.82) is 0 Å². The summed E-state index contributed by atoms with van der Waals surface area (Å²) in [7, 11) is 0. The number of thiophene rings is 1. The molecule has 0 aliphatic heterocycles. The van der Waals surface area contributed by atoms with Crippen molar-refractivity contribution >= 4 is 17.2 Å². The van der Waals surface area contributed by atoms with Gasteiger partial charge in [-0.1, -0.05) is 18.2 Å². The number of H-pyrrole nitrogens is 2. The molecule has 8 heteroatoms. The molecule has 26 heavy (non-hydrogen) atoms. The van der Waals surface area contributed by atoms with Crippen molar-refractivity contribution in [3.05, 3.63) is 65.3 Å². The minimum Gasteiger partial charge on any atom is -0.507 e. The lowest BCUT2D eigenvalue weighted by molar-refractivity contribution is 0.0946. The number of hydrogen-bond donors (Lipinski definition) is 4. The molecule has 0 saturated carbocycles. The second-order valence-corrected chi connectivity index (χ2v) is 6.56. The molecule has 0 bridgehead atoms. The van der Waals surface area contributed by atoms with Gasteiger partial charge in [0.05, 0.1) is 22.5 Å². The number of carbonyl (C=O) groups excluding carboxylic acids is 1. The van der Waals surface area contributed by atoms with Crippen LogP contribution in [-0.2, 0) is 6.54 Å². The third kappa shape index (κ3) is 3.09. The summed E-state index contributed by atoms with van der Waals surface area (Å²) < 4.78 is 0. The number of carbonyl (C=O) groups is 1. The maximum Gasteiger partial charge on any atom is 0.269 e. The van der Waals surface area contributed by atoms with Gasteiger partial charge in [-0.3, -0.25) is 15.0 Å². The van der Waals surface area contributed by atoms with E-state index in [4.69, 9.17) is 0 Å². The van der Waals surface area contributed by atoms with Crippen molar-refractivity contribution in [2.45, 2.75) is 6.54 Å². The molecular weight excluding hydrogens is 350 g/mol. The van der Waals surface area contributed by atoms with Gasteiger partial charge in [0.1, 0.15) is 11.4 Å². The molecule has 4 aromatic rings. The Morgan fingerprint density at radius 3 is 2.88 bits per heavy atom. The maximum atomic E-state index is 12.4. The zero-order valence-corrected chi connectivity index (χ0v) is 14.4. The fraction of sp³-hybridized carbons (Fsp3) is 0.0556. The lowest BCUT2D eigenvalue weighted by atomic mass is 10.1. The van der Waals surface area contributed by atoms with Crippen LogP contribution in [0.1, 0.15) is 16.1 Å². The van der Waals surface area contributed by atoms with Crippen LogP contribution in [0, 0.1) is 0 Å². The molecule has 7 nitrogen and oxygen atoms in total. The van der Waals surface area contributed by atoms with E-state index in [1.54, 1.807) is 47.9 Å². The van der Waals surface area contributed by atoms with Crippen LogP contribution in [0.25, 0.3) is 21.8 Å². The standard InChI is InChI=1S/C18H15N5O2S/c24-15-5-2-1-4-12(15)13-8-14(22-21-13)18(25)19-9-11-10-20-23-17(11)16-6-3-7-26-16/h1-8,10,24H,9H2,(H,19,25)(H,20,23)(H,21,22). The SMILES string of the molecule is O=C(NCc1cn[nH]c1-c1cccs1)c1cc(-c2ccccc2O)n[nH]1. The van der Waals surface area contributed by atoms with E-state index in [0.717, 1.165) is 16.1 Å². The van der Waals surface area contributed by atoms with Gasteiger partial charge in [0.2, 0.25) is 0 Å². The number of aromatic nitrogens is 4. The van der Waals surface area contributed by atoms with Gasteiger partial charge in [-0.2, -0.15) is 10.2 Å². The molecule has 1 aromatic carbocycles. The quantitative estimate of drug-likeness (QED) is 0.436. The summed E-state index contributed by atoms with van der Waals surface area (Å²) in [6.07, 6.45) is 1.70. The molecule has 0 aliphatic rings. The molecular formula is C18H15N5O2S. The molecule has 0 unspecified atom stereocenters. The Balaban J connectivity index is 1.47. The van der Waals surface area contributed by atoms with Crippen LogP contribution < -0.4 is 5.32 Å². The summed E-state index contributed by atoms with van der Waals surface area (Å²) in [5.74, 6) is -0.164. The van der Waals surface area contributed by atoms with Gasteiger partial charge < -0.3 is 10.4 Å². The highest BCUT2D eigenvalue weighted by molar-refractivity contribution is 7.13. The van der Waals surface area contributed by atoms with Crippen molar-refractivity contribution in [1.82, 2.24) is 25.7 Å². The zero-order valence-electron chi connectivity index (χ0n) is 13.6. The van der Waals surface area contributed by atoms with Crippen molar-refractivity contribution < 1.29 is 9.90 Å². The first kappa shape index (κ1) is 16.1. The van der Waals surface area contributed by atoms with Crippen molar-refractivity contribution in [2.75, 3.05) is 0 Å². The highest BCUT2D eigenvalue weighted by atomic mass is 32.1. The number of phenolic OH excluding ortho intramolecular Hbond substituents is 1. The van der Waals surface area contributed by atoms with Gasteiger partial charge in [0, 0.05) is 17.7 Å². The normalized spacial score (nSPS) is 10.8. The van der Waals surface area contributed by atoms with Crippen LogP contribution in [0.2, 0.25) is 0 Å². The van der Waals surface area contributed by atoms with E-state index in [0.29, 0.717) is 23.5 Å². The highest BCUT2D eigenvalue weighted by Crippen LogP contribution is 2.27. The monoisotopic (exact) mass is 365 g/mol. The lowest BCUT2D eigenvalue weighted by Gasteiger charge is -2.03. The van der Waals surface area contributed by atoms with E-state index in [2.05, 4.69) is 25.7 Å². The second kappa shape index (κ2) is 6.85.